The van der Waals surface area contributed by atoms with Crippen LogP contribution in [0, 0.1) is 5.92 Å². The van der Waals surface area contributed by atoms with Gasteiger partial charge in [-0.3, -0.25) is 0 Å². The van der Waals surface area contributed by atoms with Crippen molar-refractivity contribution >= 4 is 0 Å². The van der Waals surface area contributed by atoms with Crippen molar-refractivity contribution < 1.29 is 13.2 Å². The summed E-state index contributed by atoms with van der Waals surface area (Å²) in [5, 5.41) is 3.42. The smallest absolute Gasteiger partial charge is 0.314 e. The van der Waals surface area contributed by atoms with E-state index in [-0.39, 0.29) is 0 Å². The van der Waals surface area contributed by atoms with Gasteiger partial charge in [0.15, 0.2) is 0 Å². The van der Waals surface area contributed by atoms with E-state index in [1.54, 1.807) is 12.1 Å². The first kappa shape index (κ1) is 17.0. The molecule has 1 aromatic carbocycles. The average Bonchev–Trinajstić information content (AvgIpc) is 2.38. The van der Waals surface area contributed by atoms with Crippen LogP contribution >= 0.6 is 0 Å². The molecule has 1 N–H and O–H groups in total. The minimum atomic E-state index is -4.25. The van der Waals surface area contributed by atoms with Crippen LogP contribution in [-0.2, 0) is 12.6 Å². The van der Waals surface area contributed by atoms with Crippen molar-refractivity contribution in [2.24, 2.45) is 5.92 Å². The standard InChI is InChI=1S/C16H24F3N/c1-4-12(3)10-15(20-5-2)11-13-6-8-14(9-7-13)16(17,18)19/h6-9,12,15,20H,4-5,10-11H2,1-3H3. The number of hydrogen-bond acceptors (Lipinski definition) is 1. The highest BCUT2D eigenvalue weighted by Crippen LogP contribution is 2.29. The third-order valence-electron chi connectivity index (χ3n) is 3.64. The first-order valence-corrected chi connectivity index (χ1v) is 7.26. The Morgan fingerprint density at radius 3 is 2.15 bits per heavy atom. The fourth-order valence-electron chi connectivity index (χ4n) is 2.29. The van der Waals surface area contributed by atoms with Crippen LogP contribution in [0.1, 0.15) is 44.7 Å². The maximum atomic E-state index is 12.5. The van der Waals surface area contributed by atoms with Crippen molar-refractivity contribution in [3.63, 3.8) is 0 Å². The molecule has 0 radical (unpaired) electrons. The van der Waals surface area contributed by atoms with E-state index in [0.717, 1.165) is 31.4 Å². The number of benzene rings is 1. The lowest BCUT2D eigenvalue weighted by Crippen LogP contribution is -2.32. The molecule has 1 nitrogen and oxygen atoms in total. The van der Waals surface area contributed by atoms with Gasteiger partial charge in [0.1, 0.15) is 0 Å². The first-order chi connectivity index (χ1) is 9.36. The summed E-state index contributed by atoms with van der Waals surface area (Å²) in [5.74, 6) is 0.619. The molecule has 0 fully saturated rings. The lowest BCUT2D eigenvalue weighted by molar-refractivity contribution is -0.137. The van der Waals surface area contributed by atoms with Crippen LogP contribution < -0.4 is 5.32 Å². The van der Waals surface area contributed by atoms with Gasteiger partial charge < -0.3 is 5.32 Å². The van der Waals surface area contributed by atoms with Crippen molar-refractivity contribution in [3.8, 4) is 0 Å². The van der Waals surface area contributed by atoms with Gasteiger partial charge in [0.25, 0.3) is 0 Å². The molecule has 2 atom stereocenters. The summed E-state index contributed by atoms with van der Waals surface area (Å²) in [5.41, 5.74) is 0.371. The van der Waals surface area contributed by atoms with Gasteiger partial charge >= 0.3 is 6.18 Å². The Hall–Kier alpha value is -1.03. The average molecular weight is 287 g/mol. The molecule has 0 heterocycles. The summed E-state index contributed by atoms with van der Waals surface area (Å²) >= 11 is 0. The third kappa shape index (κ3) is 5.53. The van der Waals surface area contributed by atoms with Crippen molar-refractivity contribution in [2.45, 2.75) is 52.3 Å². The van der Waals surface area contributed by atoms with Crippen LogP contribution in [0.2, 0.25) is 0 Å². The maximum absolute atomic E-state index is 12.5. The molecule has 0 amide bonds. The fourth-order valence-corrected chi connectivity index (χ4v) is 2.29. The molecule has 0 saturated heterocycles. The highest BCUT2D eigenvalue weighted by atomic mass is 19.4. The number of halogens is 3. The zero-order chi connectivity index (χ0) is 15.2. The lowest BCUT2D eigenvalue weighted by atomic mass is 9.94. The fraction of sp³-hybridized carbons (Fsp3) is 0.625. The molecular weight excluding hydrogens is 263 g/mol. The predicted molar refractivity (Wildman–Crippen MR) is 76.7 cm³/mol. The molecule has 0 aliphatic carbocycles. The van der Waals surface area contributed by atoms with Gasteiger partial charge in [0.2, 0.25) is 0 Å². The van der Waals surface area contributed by atoms with Gasteiger partial charge in [-0.1, -0.05) is 39.3 Å². The molecule has 0 aliphatic rings. The Morgan fingerprint density at radius 2 is 1.70 bits per heavy atom. The molecule has 0 saturated carbocycles. The first-order valence-electron chi connectivity index (χ1n) is 7.26. The van der Waals surface area contributed by atoms with Crippen LogP contribution in [0.3, 0.4) is 0 Å². The second-order valence-corrected chi connectivity index (χ2v) is 5.40. The van der Waals surface area contributed by atoms with Crippen molar-refractivity contribution in [2.75, 3.05) is 6.54 Å². The Kier molecular flexibility index (Phi) is 6.53. The van der Waals surface area contributed by atoms with Gasteiger partial charge in [-0.25, -0.2) is 0 Å². The van der Waals surface area contributed by atoms with E-state index in [1.807, 2.05) is 0 Å². The number of rotatable bonds is 7. The largest absolute Gasteiger partial charge is 0.416 e. The molecule has 0 aliphatic heterocycles. The quantitative estimate of drug-likeness (QED) is 0.769. The van der Waals surface area contributed by atoms with E-state index in [1.165, 1.54) is 12.1 Å². The van der Waals surface area contributed by atoms with Gasteiger partial charge in [-0.15, -0.1) is 0 Å². The summed E-state index contributed by atoms with van der Waals surface area (Å²) in [6.45, 7) is 7.29. The molecule has 2 unspecified atom stereocenters. The van der Waals surface area contributed by atoms with Crippen LogP contribution in [-0.4, -0.2) is 12.6 Å². The Labute approximate surface area is 119 Å². The van der Waals surface area contributed by atoms with Crippen molar-refractivity contribution in [1.82, 2.24) is 5.32 Å². The van der Waals surface area contributed by atoms with Gasteiger partial charge in [-0.05, 0) is 43.0 Å². The van der Waals surface area contributed by atoms with Crippen molar-refractivity contribution in [3.05, 3.63) is 35.4 Å². The normalized spacial score (nSPS) is 15.1. The molecule has 114 valence electrons. The molecular formula is C16H24F3N. The minimum Gasteiger partial charge on any atom is -0.314 e. The monoisotopic (exact) mass is 287 g/mol. The van der Waals surface area contributed by atoms with Gasteiger partial charge in [0, 0.05) is 6.04 Å². The van der Waals surface area contributed by atoms with E-state index < -0.39 is 11.7 Å². The molecule has 0 aromatic heterocycles. The topological polar surface area (TPSA) is 12.0 Å². The van der Waals surface area contributed by atoms with E-state index in [4.69, 9.17) is 0 Å². The number of alkyl halides is 3. The minimum absolute atomic E-state index is 0.326. The summed E-state index contributed by atoms with van der Waals surface area (Å²) in [7, 11) is 0. The summed E-state index contributed by atoms with van der Waals surface area (Å²) in [4.78, 5) is 0. The number of likely N-dealkylation sites (N-methyl/N-ethyl adjacent to an activating group) is 1. The van der Waals surface area contributed by atoms with Crippen LogP contribution in [0.15, 0.2) is 24.3 Å². The number of hydrogen-bond donors (Lipinski definition) is 1. The van der Waals surface area contributed by atoms with E-state index in [2.05, 4.69) is 26.1 Å². The van der Waals surface area contributed by atoms with Crippen LogP contribution in [0.25, 0.3) is 0 Å². The summed E-state index contributed by atoms with van der Waals surface area (Å²) in [6.07, 6.45) is -1.31. The Balaban J connectivity index is 2.68. The molecule has 1 rings (SSSR count). The van der Waals surface area contributed by atoms with Crippen molar-refractivity contribution in [1.29, 1.82) is 0 Å². The maximum Gasteiger partial charge on any atom is 0.416 e. The summed E-state index contributed by atoms with van der Waals surface area (Å²) in [6, 6.07) is 5.84. The lowest BCUT2D eigenvalue weighted by Gasteiger charge is -2.21. The Morgan fingerprint density at radius 1 is 1.10 bits per heavy atom. The molecule has 0 bridgehead atoms. The third-order valence-corrected chi connectivity index (χ3v) is 3.64. The van der Waals surface area contributed by atoms with Gasteiger partial charge in [-0.2, -0.15) is 13.2 Å². The van der Waals surface area contributed by atoms with E-state index >= 15 is 0 Å². The second kappa shape index (κ2) is 7.67. The second-order valence-electron chi connectivity index (χ2n) is 5.40. The summed E-state index contributed by atoms with van der Waals surface area (Å²) < 4.78 is 37.5. The SMILES string of the molecule is CCNC(Cc1ccc(C(F)(F)F)cc1)CC(C)CC. The number of nitrogens with one attached hydrogen (secondary N) is 1. The van der Waals surface area contributed by atoms with Crippen LogP contribution in [0.4, 0.5) is 13.2 Å². The zero-order valence-corrected chi connectivity index (χ0v) is 12.4. The molecule has 0 spiro atoms. The molecule has 20 heavy (non-hydrogen) atoms. The highest BCUT2D eigenvalue weighted by Gasteiger charge is 2.30. The highest BCUT2D eigenvalue weighted by molar-refractivity contribution is 5.25. The molecule has 4 heteroatoms. The van der Waals surface area contributed by atoms with Crippen LogP contribution in [0.5, 0.6) is 0 Å². The van der Waals surface area contributed by atoms with E-state index in [9.17, 15) is 13.2 Å². The molecule has 1 aromatic rings. The zero-order valence-electron chi connectivity index (χ0n) is 12.4. The predicted octanol–water partition coefficient (Wildman–Crippen LogP) is 4.66. The van der Waals surface area contributed by atoms with E-state index in [0.29, 0.717) is 12.0 Å². The van der Waals surface area contributed by atoms with Gasteiger partial charge in [0.05, 0.1) is 5.56 Å². The Bertz CT molecular complexity index is 384.